The molecule has 32 heavy (non-hydrogen) atoms. The molecule has 164 valence electrons. The molecule has 0 unspecified atom stereocenters. The Bertz CT molecular complexity index is 1040. The van der Waals surface area contributed by atoms with E-state index < -0.39 is 0 Å². The Balaban J connectivity index is 1.38. The number of ether oxygens (including phenoxy) is 1. The van der Waals surface area contributed by atoms with Crippen LogP contribution in [0.25, 0.3) is 0 Å². The Labute approximate surface area is 186 Å². The highest BCUT2D eigenvalue weighted by Gasteiger charge is 2.07. The van der Waals surface area contributed by atoms with Crippen molar-refractivity contribution in [1.82, 2.24) is 5.32 Å². The summed E-state index contributed by atoms with van der Waals surface area (Å²) in [4.78, 5) is 36.0. The van der Waals surface area contributed by atoms with Gasteiger partial charge in [-0.05, 0) is 36.4 Å². The fourth-order valence-corrected chi connectivity index (χ4v) is 2.74. The number of urea groups is 1. The second-order valence-corrected chi connectivity index (χ2v) is 6.78. The first kappa shape index (κ1) is 22.4. The summed E-state index contributed by atoms with van der Waals surface area (Å²) in [6.07, 6.45) is 0.104. The lowest BCUT2D eigenvalue weighted by Crippen LogP contribution is -2.31. The van der Waals surface area contributed by atoms with Crippen LogP contribution in [0.4, 0.5) is 21.9 Å². The van der Waals surface area contributed by atoms with Crippen LogP contribution >= 0.6 is 0 Å². The first-order valence-electron chi connectivity index (χ1n) is 10.1. The van der Waals surface area contributed by atoms with E-state index in [0.29, 0.717) is 22.8 Å². The first-order chi connectivity index (χ1) is 15.6. The Morgan fingerprint density at radius 1 is 0.656 bits per heavy atom. The van der Waals surface area contributed by atoms with Crippen LogP contribution in [0.2, 0.25) is 0 Å². The van der Waals surface area contributed by atoms with Crippen molar-refractivity contribution in [3.05, 3.63) is 84.9 Å². The minimum absolute atomic E-state index is 0.104. The van der Waals surface area contributed by atoms with Crippen LogP contribution < -0.4 is 26.0 Å². The summed E-state index contributed by atoms with van der Waals surface area (Å²) < 4.78 is 5.50. The minimum Gasteiger partial charge on any atom is -0.484 e. The summed E-state index contributed by atoms with van der Waals surface area (Å²) in [7, 11) is 0. The molecule has 0 aromatic heterocycles. The lowest BCUT2D eigenvalue weighted by molar-refractivity contribution is -0.118. The van der Waals surface area contributed by atoms with Gasteiger partial charge in [-0.3, -0.25) is 9.59 Å². The highest BCUT2D eigenvalue weighted by Crippen LogP contribution is 2.17. The van der Waals surface area contributed by atoms with Crippen molar-refractivity contribution in [1.29, 1.82) is 0 Å². The fourth-order valence-electron chi connectivity index (χ4n) is 2.74. The molecule has 4 amide bonds. The van der Waals surface area contributed by atoms with Gasteiger partial charge >= 0.3 is 6.03 Å². The maximum Gasteiger partial charge on any atom is 0.319 e. The average Bonchev–Trinajstić information content (AvgIpc) is 2.79. The normalized spacial score (nSPS) is 10.0. The summed E-state index contributed by atoms with van der Waals surface area (Å²) in [6.45, 7) is 0.0209. The molecule has 0 saturated carbocycles. The Morgan fingerprint density at radius 3 is 1.94 bits per heavy atom. The van der Waals surface area contributed by atoms with Crippen molar-refractivity contribution in [3.63, 3.8) is 0 Å². The lowest BCUT2D eigenvalue weighted by Gasteiger charge is -2.10. The minimum atomic E-state index is -0.381. The molecule has 0 spiro atoms. The zero-order chi connectivity index (χ0) is 22.6. The summed E-state index contributed by atoms with van der Waals surface area (Å²) in [6, 6.07) is 24.5. The van der Waals surface area contributed by atoms with Crippen LogP contribution in [0.5, 0.6) is 5.75 Å². The van der Waals surface area contributed by atoms with Crippen LogP contribution in [0.3, 0.4) is 0 Å². The van der Waals surface area contributed by atoms with E-state index >= 15 is 0 Å². The maximum atomic E-state index is 12.1. The molecule has 0 fully saturated rings. The van der Waals surface area contributed by atoms with E-state index in [0.717, 1.165) is 0 Å². The molecule has 0 aliphatic carbocycles. The predicted molar refractivity (Wildman–Crippen MR) is 124 cm³/mol. The maximum absolute atomic E-state index is 12.1. The van der Waals surface area contributed by atoms with Crippen molar-refractivity contribution in [2.45, 2.75) is 6.42 Å². The molecule has 8 heteroatoms. The molecule has 0 atom stereocenters. The van der Waals surface area contributed by atoms with E-state index in [1.807, 2.05) is 36.4 Å². The molecule has 0 heterocycles. The molecular weight excluding hydrogens is 408 g/mol. The molecule has 3 rings (SSSR count). The molecule has 0 aliphatic heterocycles. The van der Waals surface area contributed by atoms with Gasteiger partial charge in [0, 0.05) is 36.1 Å². The van der Waals surface area contributed by atoms with E-state index in [-0.39, 0.29) is 37.4 Å². The number of hydrogen-bond donors (Lipinski definition) is 4. The SMILES string of the molecule is O=C(CCNC(=O)Nc1ccccc1)Nc1cccc(OCC(=O)Nc2ccccc2)c1. The van der Waals surface area contributed by atoms with E-state index in [4.69, 9.17) is 4.74 Å². The number of anilines is 3. The number of benzene rings is 3. The van der Waals surface area contributed by atoms with Crippen LogP contribution in [-0.2, 0) is 9.59 Å². The van der Waals surface area contributed by atoms with Crippen LogP contribution in [0.1, 0.15) is 6.42 Å². The molecule has 3 aromatic rings. The van der Waals surface area contributed by atoms with Gasteiger partial charge in [-0.2, -0.15) is 0 Å². The summed E-state index contributed by atoms with van der Waals surface area (Å²) in [5.41, 5.74) is 1.89. The quantitative estimate of drug-likeness (QED) is 0.412. The van der Waals surface area contributed by atoms with Gasteiger partial charge in [0.2, 0.25) is 5.91 Å². The highest BCUT2D eigenvalue weighted by atomic mass is 16.5. The third-order valence-corrected chi connectivity index (χ3v) is 4.21. The molecule has 4 N–H and O–H groups in total. The number of nitrogens with one attached hydrogen (secondary N) is 4. The van der Waals surface area contributed by atoms with Crippen molar-refractivity contribution in [2.24, 2.45) is 0 Å². The number of carbonyl (C=O) groups excluding carboxylic acids is 3. The van der Waals surface area contributed by atoms with Gasteiger partial charge in [-0.1, -0.05) is 42.5 Å². The third kappa shape index (κ3) is 7.83. The summed E-state index contributed by atoms with van der Waals surface area (Å²) >= 11 is 0. The largest absolute Gasteiger partial charge is 0.484 e. The van der Waals surface area contributed by atoms with Gasteiger partial charge in [-0.15, -0.1) is 0 Å². The molecule has 0 radical (unpaired) electrons. The number of amides is 4. The number of hydrogen-bond acceptors (Lipinski definition) is 4. The fraction of sp³-hybridized carbons (Fsp3) is 0.125. The van der Waals surface area contributed by atoms with E-state index in [9.17, 15) is 14.4 Å². The van der Waals surface area contributed by atoms with Crippen LogP contribution in [0, 0.1) is 0 Å². The monoisotopic (exact) mass is 432 g/mol. The number of rotatable bonds is 9. The van der Waals surface area contributed by atoms with E-state index in [2.05, 4.69) is 21.3 Å². The zero-order valence-corrected chi connectivity index (χ0v) is 17.3. The van der Waals surface area contributed by atoms with Gasteiger partial charge in [-0.25, -0.2) is 4.79 Å². The average molecular weight is 432 g/mol. The molecule has 0 aliphatic rings. The smallest absolute Gasteiger partial charge is 0.319 e. The second kappa shape index (κ2) is 11.8. The van der Waals surface area contributed by atoms with Gasteiger partial charge in [0.1, 0.15) is 5.75 Å². The van der Waals surface area contributed by atoms with Gasteiger partial charge < -0.3 is 26.0 Å². The lowest BCUT2D eigenvalue weighted by atomic mass is 10.3. The van der Waals surface area contributed by atoms with E-state index in [1.165, 1.54) is 0 Å². The predicted octanol–water partition coefficient (Wildman–Crippen LogP) is 3.85. The molecule has 0 saturated heterocycles. The second-order valence-electron chi connectivity index (χ2n) is 6.78. The van der Waals surface area contributed by atoms with Gasteiger partial charge in [0.25, 0.3) is 5.91 Å². The standard InChI is InChI=1S/C24H24N4O4/c29-22(14-15-25-24(31)28-19-10-5-2-6-11-19)27-20-12-7-13-21(16-20)32-17-23(30)26-18-8-3-1-4-9-18/h1-13,16H,14-15,17H2,(H,26,30)(H,27,29)(H2,25,28,31). The summed E-state index contributed by atoms with van der Waals surface area (Å²) in [5, 5.41) is 10.8. The van der Waals surface area contributed by atoms with Crippen molar-refractivity contribution in [2.75, 3.05) is 29.1 Å². The topological polar surface area (TPSA) is 109 Å². The Kier molecular flexibility index (Phi) is 8.21. The molecular formula is C24H24N4O4. The molecule has 3 aromatic carbocycles. The molecule has 0 bridgehead atoms. The highest BCUT2D eigenvalue weighted by molar-refractivity contribution is 5.93. The first-order valence-corrected chi connectivity index (χ1v) is 10.1. The third-order valence-electron chi connectivity index (χ3n) is 4.21. The zero-order valence-electron chi connectivity index (χ0n) is 17.3. The van der Waals surface area contributed by atoms with Crippen LogP contribution in [0.15, 0.2) is 84.9 Å². The number of carbonyl (C=O) groups is 3. The molecule has 8 nitrogen and oxygen atoms in total. The van der Waals surface area contributed by atoms with Crippen molar-refractivity contribution >= 4 is 34.9 Å². The Morgan fingerprint density at radius 2 is 1.25 bits per heavy atom. The van der Waals surface area contributed by atoms with Crippen molar-refractivity contribution in [3.8, 4) is 5.75 Å². The van der Waals surface area contributed by atoms with Gasteiger partial charge in [0.05, 0.1) is 0 Å². The Hall–Kier alpha value is -4.33. The van der Waals surface area contributed by atoms with E-state index in [1.54, 1.807) is 48.5 Å². The number of para-hydroxylation sites is 2. The van der Waals surface area contributed by atoms with Crippen LogP contribution in [-0.4, -0.2) is 31.0 Å². The van der Waals surface area contributed by atoms with Gasteiger partial charge in [0.15, 0.2) is 6.61 Å². The summed E-state index contributed by atoms with van der Waals surface area (Å²) in [5.74, 6) is -0.0964. The van der Waals surface area contributed by atoms with Crippen molar-refractivity contribution < 1.29 is 19.1 Å².